The minimum atomic E-state index is 0.359. The van der Waals surface area contributed by atoms with Crippen molar-refractivity contribution >= 4 is 15.9 Å². The fourth-order valence-corrected chi connectivity index (χ4v) is 3.03. The van der Waals surface area contributed by atoms with Crippen LogP contribution in [-0.4, -0.2) is 11.7 Å². The average molecular weight is 341 g/mol. The van der Waals surface area contributed by atoms with Crippen molar-refractivity contribution < 1.29 is 5.11 Å². The number of hydrogen-bond acceptors (Lipinski definition) is 1. The molecule has 0 saturated carbocycles. The molecule has 0 radical (unpaired) electrons. The summed E-state index contributed by atoms with van der Waals surface area (Å²) in [6, 6.07) is 8.55. The number of aliphatic hydroxyl groups excluding tert-OH is 1. The molecule has 0 atom stereocenters. The summed E-state index contributed by atoms with van der Waals surface area (Å²) in [4.78, 5) is 0. The Bertz CT molecular complexity index is 338. The van der Waals surface area contributed by atoms with Crippen molar-refractivity contribution in [3.8, 4) is 0 Å². The molecular formula is C18H29BrO. The fraction of sp³-hybridized carbons (Fsp3) is 0.667. The lowest BCUT2D eigenvalue weighted by Crippen LogP contribution is -1.88. The van der Waals surface area contributed by atoms with E-state index in [1.807, 2.05) is 0 Å². The van der Waals surface area contributed by atoms with Crippen molar-refractivity contribution in [2.45, 2.75) is 70.6 Å². The topological polar surface area (TPSA) is 20.2 Å². The molecule has 1 N–H and O–H groups in total. The standard InChI is InChI=1S/C18H29BrO/c19-18-15-11-10-14-17(18)13-9-7-5-3-1-2-4-6-8-12-16-20/h10-11,14-15,20H,1-9,12-13,16H2. The Balaban J connectivity index is 1.87. The number of aliphatic hydroxyl groups is 1. The van der Waals surface area contributed by atoms with Gasteiger partial charge in [-0.15, -0.1) is 0 Å². The van der Waals surface area contributed by atoms with Gasteiger partial charge in [-0.1, -0.05) is 85.5 Å². The van der Waals surface area contributed by atoms with Crippen LogP contribution in [0.4, 0.5) is 0 Å². The van der Waals surface area contributed by atoms with Crippen molar-refractivity contribution in [3.05, 3.63) is 34.3 Å². The van der Waals surface area contributed by atoms with Crippen molar-refractivity contribution in [1.82, 2.24) is 0 Å². The molecule has 0 unspecified atom stereocenters. The molecule has 0 bridgehead atoms. The van der Waals surface area contributed by atoms with Crippen molar-refractivity contribution in [2.75, 3.05) is 6.61 Å². The highest BCUT2D eigenvalue weighted by Gasteiger charge is 1.98. The molecule has 2 heteroatoms. The summed E-state index contributed by atoms with van der Waals surface area (Å²) in [5, 5.41) is 8.69. The first-order valence-electron chi connectivity index (χ1n) is 8.19. The van der Waals surface area contributed by atoms with Gasteiger partial charge in [-0.05, 0) is 30.9 Å². The molecule has 0 aliphatic rings. The molecule has 0 spiro atoms. The molecule has 1 nitrogen and oxygen atoms in total. The Hall–Kier alpha value is -0.340. The number of unbranched alkanes of at least 4 members (excludes halogenated alkanes) is 9. The molecular weight excluding hydrogens is 312 g/mol. The number of benzene rings is 1. The summed E-state index contributed by atoms with van der Waals surface area (Å²) in [7, 11) is 0. The second kappa shape index (κ2) is 12.4. The van der Waals surface area contributed by atoms with Gasteiger partial charge in [0, 0.05) is 11.1 Å². The SMILES string of the molecule is OCCCCCCCCCCCCc1ccccc1Br. The summed E-state index contributed by atoms with van der Waals surface area (Å²) in [5.74, 6) is 0. The van der Waals surface area contributed by atoms with Crippen molar-refractivity contribution in [1.29, 1.82) is 0 Å². The first-order valence-corrected chi connectivity index (χ1v) is 8.98. The van der Waals surface area contributed by atoms with E-state index in [9.17, 15) is 0 Å². The maximum absolute atomic E-state index is 8.69. The first kappa shape index (κ1) is 17.7. The largest absolute Gasteiger partial charge is 0.396 e. The minimum Gasteiger partial charge on any atom is -0.396 e. The lowest BCUT2D eigenvalue weighted by Gasteiger charge is -2.04. The van der Waals surface area contributed by atoms with Gasteiger partial charge in [0.05, 0.1) is 0 Å². The number of hydrogen-bond donors (Lipinski definition) is 1. The molecule has 0 fully saturated rings. The lowest BCUT2D eigenvalue weighted by molar-refractivity contribution is 0.282. The summed E-state index contributed by atoms with van der Waals surface area (Å²) in [6.07, 6.45) is 14.2. The van der Waals surface area contributed by atoms with E-state index in [0.717, 1.165) is 6.42 Å². The van der Waals surface area contributed by atoms with E-state index < -0.39 is 0 Å². The average Bonchev–Trinajstić information content (AvgIpc) is 2.46. The third-order valence-electron chi connectivity index (χ3n) is 3.81. The number of halogens is 1. The van der Waals surface area contributed by atoms with Gasteiger partial charge in [0.2, 0.25) is 0 Å². The zero-order chi connectivity index (χ0) is 14.5. The van der Waals surface area contributed by atoms with Crippen LogP contribution in [0.1, 0.15) is 69.8 Å². The number of aryl methyl sites for hydroxylation is 1. The summed E-state index contributed by atoms with van der Waals surface area (Å²) >= 11 is 3.61. The molecule has 0 heterocycles. The van der Waals surface area contributed by atoms with Gasteiger partial charge in [0.15, 0.2) is 0 Å². The van der Waals surface area contributed by atoms with Crippen molar-refractivity contribution in [2.24, 2.45) is 0 Å². The van der Waals surface area contributed by atoms with Crippen LogP contribution in [0.3, 0.4) is 0 Å². The molecule has 0 aliphatic carbocycles. The molecule has 0 amide bonds. The monoisotopic (exact) mass is 340 g/mol. The Morgan fingerprint density at radius 2 is 1.20 bits per heavy atom. The maximum atomic E-state index is 8.69. The lowest BCUT2D eigenvalue weighted by atomic mass is 10.0. The van der Waals surface area contributed by atoms with E-state index in [1.165, 1.54) is 74.2 Å². The van der Waals surface area contributed by atoms with E-state index in [4.69, 9.17) is 5.11 Å². The molecule has 1 aromatic rings. The van der Waals surface area contributed by atoms with Crippen LogP contribution in [0.25, 0.3) is 0 Å². The second-order valence-electron chi connectivity index (χ2n) is 5.60. The highest BCUT2D eigenvalue weighted by molar-refractivity contribution is 9.10. The van der Waals surface area contributed by atoms with Gasteiger partial charge in [-0.25, -0.2) is 0 Å². The zero-order valence-corrected chi connectivity index (χ0v) is 14.2. The first-order chi connectivity index (χ1) is 9.84. The molecule has 1 rings (SSSR count). The summed E-state index contributed by atoms with van der Waals surface area (Å²) < 4.78 is 1.25. The minimum absolute atomic E-state index is 0.359. The Morgan fingerprint density at radius 3 is 1.75 bits per heavy atom. The van der Waals surface area contributed by atoms with E-state index in [-0.39, 0.29) is 0 Å². The quantitative estimate of drug-likeness (QED) is 0.470. The van der Waals surface area contributed by atoms with Gasteiger partial charge < -0.3 is 5.11 Å². The van der Waals surface area contributed by atoms with Crippen LogP contribution in [0.5, 0.6) is 0 Å². The van der Waals surface area contributed by atoms with Crippen molar-refractivity contribution in [3.63, 3.8) is 0 Å². The smallest absolute Gasteiger partial charge is 0.0431 e. The normalized spacial score (nSPS) is 10.9. The van der Waals surface area contributed by atoms with E-state index >= 15 is 0 Å². The van der Waals surface area contributed by atoms with Gasteiger partial charge in [-0.3, -0.25) is 0 Å². The molecule has 20 heavy (non-hydrogen) atoms. The molecule has 114 valence electrons. The molecule has 0 aliphatic heterocycles. The number of rotatable bonds is 12. The van der Waals surface area contributed by atoms with Gasteiger partial charge >= 0.3 is 0 Å². The van der Waals surface area contributed by atoms with Crippen LogP contribution in [0.15, 0.2) is 28.7 Å². The Labute approximate surface area is 132 Å². The van der Waals surface area contributed by atoms with E-state index in [0.29, 0.717) is 6.61 Å². The van der Waals surface area contributed by atoms with Crippen LogP contribution in [-0.2, 0) is 6.42 Å². The molecule has 0 saturated heterocycles. The van der Waals surface area contributed by atoms with Crippen LogP contribution >= 0.6 is 15.9 Å². The van der Waals surface area contributed by atoms with Crippen LogP contribution in [0.2, 0.25) is 0 Å². The third kappa shape index (κ3) is 8.76. The maximum Gasteiger partial charge on any atom is 0.0431 e. The predicted octanol–water partition coefficient (Wildman–Crippen LogP) is 5.88. The molecule has 1 aromatic carbocycles. The molecule has 0 aromatic heterocycles. The highest BCUT2D eigenvalue weighted by atomic mass is 79.9. The zero-order valence-electron chi connectivity index (χ0n) is 12.6. The van der Waals surface area contributed by atoms with Crippen LogP contribution in [0, 0.1) is 0 Å². The highest BCUT2D eigenvalue weighted by Crippen LogP contribution is 2.19. The summed E-state index contributed by atoms with van der Waals surface area (Å²) in [5.41, 5.74) is 1.44. The predicted molar refractivity (Wildman–Crippen MR) is 91.1 cm³/mol. The summed E-state index contributed by atoms with van der Waals surface area (Å²) in [6.45, 7) is 0.359. The van der Waals surface area contributed by atoms with Crippen LogP contribution < -0.4 is 0 Å². The Kier molecular flexibility index (Phi) is 11.0. The Morgan fingerprint density at radius 1 is 0.700 bits per heavy atom. The van der Waals surface area contributed by atoms with Gasteiger partial charge in [0.1, 0.15) is 0 Å². The van der Waals surface area contributed by atoms with E-state index in [1.54, 1.807) is 0 Å². The third-order valence-corrected chi connectivity index (χ3v) is 4.59. The van der Waals surface area contributed by atoms with Gasteiger partial charge in [-0.2, -0.15) is 0 Å². The van der Waals surface area contributed by atoms with E-state index in [2.05, 4.69) is 40.2 Å². The fourth-order valence-electron chi connectivity index (χ4n) is 2.54. The van der Waals surface area contributed by atoms with Gasteiger partial charge in [0.25, 0.3) is 0 Å². The second-order valence-corrected chi connectivity index (χ2v) is 6.45.